The average Bonchev–Trinajstić information content (AvgIpc) is 2.73. The van der Waals surface area contributed by atoms with Gasteiger partial charge in [-0.15, -0.1) is 0 Å². The predicted molar refractivity (Wildman–Crippen MR) is 93.5 cm³/mol. The van der Waals surface area contributed by atoms with Gasteiger partial charge in [0.25, 0.3) is 5.91 Å². The number of fused-ring (bicyclic) bond motifs is 1. The van der Waals surface area contributed by atoms with E-state index >= 15 is 0 Å². The molecule has 122 valence electrons. The quantitative estimate of drug-likeness (QED) is 0.757. The van der Waals surface area contributed by atoms with Crippen LogP contribution in [0.2, 0.25) is 18.1 Å². The van der Waals surface area contributed by atoms with Crippen molar-refractivity contribution in [3.63, 3.8) is 0 Å². The third-order valence-corrected chi connectivity index (χ3v) is 9.46. The Kier molecular flexibility index (Phi) is 4.83. The van der Waals surface area contributed by atoms with Crippen LogP contribution in [0, 0.1) is 5.92 Å². The van der Waals surface area contributed by atoms with E-state index in [4.69, 9.17) is 4.43 Å². The molecule has 1 amide bonds. The second kappa shape index (κ2) is 6.17. The molecular weight excluding hydrogens is 290 g/mol. The predicted octanol–water partition coefficient (Wildman–Crippen LogP) is 4.30. The Morgan fingerprint density at radius 1 is 1.27 bits per heavy atom. The highest BCUT2D eigenvalue weighted by molar-refractivity contribution is 6.74. The first-order valence-corrected chi connectivity index (χ1v) is 11.0. The molecule has 1 aromatic carbocycles. The van der Waals surface area contributed by atoms with Gasteiger partial charge in [0.2, 0.25) is 0 Å². The Morgan fingerprint density at radius 3 is 2.50 bits per heavy atom. The Balaban J connectivity index is 1.89. The minimum atomic E-state index is -1.71. The highest BCUT2D eigenvalue weighted by Crippen LogP contribution is 2.36. The van der Waals surface area contributed by atoms with Crippen LogP contribution in [-0.2, 0) is 11.0 Å². The van der Waals surface area contributed by atoms with Crippen molar-refractivity contribution in [1.82, 2.24) is 4.90 Å². The zero-order valence-electron chi connectivity index (χ0n) is 14.8. The average molecular weight is 320 g/mol. The standard InChI is InChI=1S/C18H29NO2Si/c1-14(13-21-22(5,6)18(2,3)4)11-19-12-15-9-7-8-10-16(15)17(19)20/h7-10,14H,11-13H2,1-6H3/t14-/m1/s1. The van der Waals surface area contributed by atoms with E-state index in [2.05, 4.69) is 40.8 Å². The molecule has 0 N–H and O–H groups in total. The number of amides is 1. The van der Waals surface area contributed by atoms with Crippen LogP contribution < -0.4 is 0 Å². The summed E-state index contributed by atoms with van der Waals surface area (Å²) in [5.41, 5.74) is 2.00. The largest absolute Gasteiger partial charge is 0.416 e. The van der Waals surface area contributed by atoms with Crippen LogP contribution in [0.15, 0.2) is 24.3 Å². The minimum absolute atomic E-state index is 0.162. The summed E-state index contributed by atoms with van der Waals surface area (Å²) in [6.07, 6.45) is 0. The SMILES string of the molecule is C[C@@H](CO[Si](C)(C)C(C)(C)C)CN1Cc2ccccc2C1=O. The molecule has 0 aromatic heterocycles. The van der Waals surface area contributed by atoms with Crippen molar-refractivity contribution in [2.75, 3.05) is 13.2 Å². The van der Waals surface area contributed by atoms with Crippen molar-refractivity contribution in [3.8, 4) is 0 Å². The van der Waals surface area contributed by atoms with Crippen LogP contribution in [0.25, 0.3) is 0 Å². The molecule has 0 radical (unpaired) electrons. The molecule has 22 heavy (non-hydrogen) atoms. The number of carbonyl (C=O) groups is 1. The fraction of sp³-hybridized carbons (Fsp3) is 0.611. The molecule has 0 fully saturated rings. The van der Waals surface area contributed by atoms with Crippen LogP contribution in [0.5, 0.6) is 0 Å². The van der Waals surface area contributed by atoms with E-state index in [0.29, 0.717) is 5.92 Å². The van der Waals surface area contributed by atoms with Gasteiger partial charge >= 0.3 is 0 Å². The second-order valence-corrected chi connectivity index (χ2v) is 12.8. The maximum atomic E-state index is 12.4. The maximum absolute atomic E-state index is 12.4. The Labute approximate surface area is 135 Å². The smallest absolute Gasteiger partial charge is 0.254 e. The lowest BCUT2D eigenvalue weighted by atomic mass is 10.1. The summed E-state index contributed by atoms with van der Waals surface area (Å²) in [4.78, 5) is 14.3. The molecular formula is C18H29NO2Si. The highest BCUT2D eigenvalue weighted by atomic mass is 28.4. The topological polar surface area (TPSA) is 29.5 Å². The molecule has 2 rings (SSSR count). The fourth-order valence-electron chi connectivity index (χ4n) is 2.46. The van der Waals surface area contributed by atoms with Gasteiger partial charge < -0.3 is 9.33 Å². The third-order valence-electron chi connectivity index (χ3n) is 4.96. The summed E-state index contributed by atoms with van der Waals surface area (Å²) >= 11 is 0. The van der Waals surface area contributed by atoms with E-state index in [1.807, 2.05) is 29.2 Å². The first-order chi connectivity index (χ1) is 10.1. The normalized spacial score (nSPS) is 16.8. The zero-order chi connectivity index (χ0) is 16.5. The van der Waals surface area contributed by atoms with Crippen LogP contribution in [0.1, 0.15) is 43.6 Å². The van der Waals surface area contributed by atoms with Gasteiger partial charge in [0, 0.05) is 25.3 Å². The maximum Gasteiger partial charge on any atom is 0.254 e. The van der Waals surface area contributed by atoms with E-state index in [1.165, 1.54) is 0 Å². The molecule has 1 heterocycles. The van der Waals surface area contributed by atoms with E-state index in [9.17, 15) is 4.79 Å². The molecule has 4 heteroatoms. The lowest BCUT2D eigenvalue weighted by molar-refractivity contribution is 0.0735. The van der Waals surface area contributed by atoms with E-state index in [-0.39, 0.29) is 10.9 Å². The second-order valence-electron chi connectivity index (χ2n) is 8.02. The fourth-order valence-corrected chi connectivity index (χ4v) is 3.59. The molecule has 0 unspecified atom stereocenters. The molecule has 1 atom stereocenters. The summed E-state index contributed by atoms with van der Waals surface area (Å²) < 4.78 is 6.28. The summed E-state index contributed by atoms with van der Waals surface area (Å²) in [5.74, 6) is 0.516. The van der Waals surface area contributed by atoms with Crippen molar-refractivity contribution < 1.29 is 9.22 Å². The number of carbonyl (C=O) groups excluding carboxylic acids is 1. The highest BCUT2D eigenvalue weighted by Gasteiger charge is 2.37. The first kappa shape index (κ1) is 17.2. The van der Waals surface area contributed by atoms with Gasteiger partial charge in [0.1, 0.15) is 0 Å². The van der Waals surface area contributed by atoms with E-state index < -0.39 is 8.32 Å². The van der Waals surface area contributed by atoms with Gasteiger partial charge in [0.15, 0.2) is 8.32 Å². The van der Waals surface area contributed by atoms with Gasteiger partial charge in [-0.25, -0.2) is 0 Å². The molecule has 0 bridgehead atoms. The van der Waals surface area contributed by atoms with Crippen molar-refractivity contribution in [2.24, 2.45) is 5.92 Å². The molecule has 0 saturated carbocycles. The third kappa shape index (κ3) is 3.61. The van der Waals surface area contributed by atoms with Crippen molar-refractivity contribution >= 4 is 14.2 Å². The minimum Gasteiger partial charge on any atom is -0.416 e. The van der Waals surface area contributed by atoms with E-state index in [0.717, 1.165) is 30.8 Å². The van der Waals surface area contributed by atoms with Gasteiger partial charge in [-0.1, -0.05) is 45.9 Å². The van der Waals surface area contributed by atoms with Crippen LogP contribution in [0.3, 0.4) is 0 Å². The number of hydrogen-bond acceptors (Lipinski definition) is 2. The Hall–Kier alpha value is -1.13. The molecule has 3 nitrogen and oxygen atoms in total. The molecule has 1 aromatic rings. The van der Waals surface area contributed by atoms with E-state index in [1.54, 1.807) is 0 Å². The Morgan fingerprint density at radius 2 is 1.91 bits per heavy atom. The Bertz CT molecular complexity index is 548. The number of rotatable bonds is 5. The molecule has 0 spiro atoms. The molecule has 0 aliphatic carbocycles. The molecule has 1 aliphatic heterocycles. The van der Waals surface area contributed by atoms with Gasteiger partial charge in [-0.3, -0.25) is 4.79 Å². The van der Waals surface area contributed by atoms with Gasteiger partial charge in [0.05, 0.1) is 0 Å². The van der Waals surface area contributed by atoms with Gasteiger partial charge in [-0.2, -0.15) is 0 Å². The van der Waals surface area contributed by atoms with Crippen molar-refractivity contribution in [1.29, 1.82) is 0 Å². The first-order valence-electron chi connectivity index (χ1n) is 8.13. The monoisotopic (exact) mass is 319 g/mol. The lowest BCUT2D eigenvalue weighted by Crippen LogP contribution is -2.42. The molecule has 1 aliphatic rings. The van der Waals surface area contributed by atoms with Crippen LogP contribution in [0.4, 0.5) is 0 Å². The number of benzene rings is 1. The number of hydrogen-bond donors (Lipinski definition) is 0. The van der Waals surface area contributed by atoms with Crippen LogP contribution >= 0.6 is 0 Å². The summed E-state index contributed by atoms with van der Waals surface area (Å²) in [6, 6.07) is 7.91. The van der Waals surface area contributed by atoms with Crippen molar-refractivity contribution in [3.05, 3.63) is 35.4 Å². The van der Waals surface area contributed by atoms with Crippen LogP contribution in [-0.4, -0.2) is 32.3 Å². The summed E-state index contributed by atoms with van der Waals surface area (Å²) in [7, 11) is -1.71. The summed E-state index contributed by atoms with van der Waals surface area (Å²) in [5, 5.41) is 0.229. The van der Waals surface area contributed by atoms with Crippen molar-refractivity contribution in [2.45, 2.75) is 52.4 Å². The number of nitrogens with zero attached hydrogens (tertiary/aromatic N) is 1. The molecule has 0 saturated heterocycles. The zero-order valence-corrected chi connectivity index (χ0v) is 15.8. The van der Waals surface area contributed by atoms with Gasteiger partial charge in [-0.05, 0) is 35.7 Å². The lowest BCUT2D eigenvalue weighted by Gasteiger charge is -2.37. The summed E-state index contributed by atoms with van der Waals surface area (Å²) in [6.45, 7) is 15.7.